The van der Waals surface area contributed by atoms with E-state index in [9.17, 15) is 14.0 Å². The van der Waals surface area contributed by atoms with E-state index in [1.54, 1.807) is 18.2 Å². The van der Waals surface area contributed by atoms with Gasteiger partial charge in [0.2, 0.25) is 0 Å². The minimum Gasteiger partial charge on any atom is -0.486 e. The molecule has 8 heteroatoms. The maximum atomic E-state index is 13.2. The van der Waals surface area contributed by atoms with Crippen LogP contribution in [0.2, 0.25) is 0 Å². The number of nitrogens with one attached hydrogen (secondary N) is 1. The van der Waals surface area contributed by atoms with Gasteiger partial charge in [0.05, 0.1) is 19.6 Å². The van der Waals surface area contributed by atoms with Gasteiger partial charge in [-0.3, -0.25) is 9.59 Å². The highest BCUT2D eigenvalue weighted by Gasteiger charge is 2.21. The molecule has 3 aromatic rings. The van der Waals surface area contributed by atoms with Crippen LogP contribution >= 0.6 is 15.9 Å². The quantitative estimate of drug-likeness (QED) is 0.473. The number of benzene rings is 2. The summed E-state index contributed by atoms with van der Waals surface area (Å²) in [5, 5.41) is 2.73. The van der Waals surface area contributed by atoms with E-state index in [2.05, 4.69) is 21.2 Å². The van der Waals surface area contributed by atoms with Crippen molar-refractivity contribution < 1.29 is 27.9 Å². The second kappa shape index (κ2) is 10.1. The van der Waals surface area contributed by atoms with Crippen LogP contribution in [-0.4, -0.2) is 19.0 Å². The molecular weight excluding hydrogens is 457 g/mol. The lowest BCUT2D eigenvalue weighted by molar-refractivity contribution is -0.141. The molecule has 0 aliphatic rings. The molecule has 1 atom stereocenters. The van der Waals surface area contributed by atoms with Gasteiger partial charge < -0.3 is 19.2 Å². The molecule has 0 aliphatic carbocycles. The Kier molecular flexibility index (Phi) is 7.24. The lowest BCUT2D eigenvalue weighted by Crippen LogP contribution is -2.30. The average molecular weight is 476 g/mol. The van der Waals surface area contributed by atoms with Crippen molar-refractivity contribution >= 4 is 27.8 Å². The summed E-state index contributed by atoms with van der Waals surface area (Å²) >= 11 is 3.35. The van der Waals surface area contributed by atoms with Crippen LogP contribution in [-0.2, 0) is 16.1 Å². The second-order valence-corrected chi connectivity index (χ2v) is 7.28. The number of amides is 1. The van der Waals surface area contributed by atoms with Crippen LogP contribution in [0.25, 0.3) is 0 Å². The van der Waals surface area contributed by atoms with Gasteiger partial charge in [0.1, 0.15) is 23.9 Å². The van der Waals surface area contributed by atoms with Crippen LogP contribution in [0.4, 0.5) is 4.39 Å². The first-order valence-electron chi connectivity index (χ1n) is 9.05. The van der Waals surface area contributed by atoms with Gasteiger partial charge in [-0.15, -0.1) is 0 Å². The maximum absolute atomic E-state index is 13.2. The molecule has 1 N–H and O–H groups in total. The van der Waals surface area contributed by atoms with Crippen LogP contribution in [0.5, 0.6) is 5.75 Å². The molecule has 1 unspecified atom stereocenters. The number of hydrogen-bond donors (Lipinski definition) is 1. The van der Waals surface area contributed by atoms with E-state index in [1.165, 1.54) is 37.4 Å². The fourth-order valence-corrected chi connectivity index (χ4v) is 2.95. The summed E-state index contributed by atoms with van der Waals surface area (Å²) in [6, 6.07) is 15.3. The van der Waals surface area contributed by atoms with E-state index in [0.717, 1.165) is 4.47 Å². The smallest absolute Gasteiger partial charge is 0.307 e. The van der Waals surface area contributed by atoms with E-state index < -0.39 is 23.7 Å². The number of furan rings is 1. The molecule has 1 heterocycles. The van der Waals surface area contributed by atoms with Gasteiger partial charge in [0, 0.05) is 4.47 Å². The summed E-state index contributed by atoms with van der Waals surface area (Å²) in [6.07, 6.45) is -0.103. The highest BCUT2D eigenvalue weighted by Crippen LogP contribution is 2.21. The predicted molar refractivity (Wildman–Crippen MR) is 110 cm³/mol. The summed E-state index contributed by atoms with van der Waals surface area (Å²) in [7, 11) is 1.26. The lowest BCUT2D eigenvalue weighted by Gasteiger charge is -2.17. The fraction of sp³-hybridized carbons (Fsp3) is 0.182. The number of esters is 1. The van der Waals surface area contributed by atoms with Crippen LogP contribution in [0.1, 0.15) is 34.3 Å². The summed E-state index contributed by atoms with van der Waals surface area (Å²) in [5.74, 6) is -0.232. The van der Waals surface area contributed by atoms with Crippen LogP contribution < -0.4 is 10.1 Å². The first-order valence-corrected chi connectivity index (χ1v) is 9.84. The Bertz CT molecular complexity index is 1000. The summed E-state index contributed by atoms with van der Waals surface area (Å²) < 4.78 is 30.0. The van der Waals surface area contributed by atoms with Crippen LogP contribution in [0, 0.1) is 5.82 Å². The van der Waals surface area contributed by atoms with Crippen molar-refractivity contribution in [1.82, 2.24) is 5.32 Å². The number of carbonyl (C=O) groups is 2. The Morgan fingerprint density at radius 2 is 1.77 bits per heavy atom. The maximum Gasteiger partial charge on any atom is 0.307 e. The fourth-order valence-electron chi connectivity index (χ4n) is 2.69. The third-order valence-electron chi connectivity index (χ3n) is 4.26. The number of halogens is 2. The first kappa shape index (κ1) is 21.6. The van der Waals surface area contributed by atoms with Crippen molar-refractivity contribution in [3.63, 3.8) is 0 Å². The number of rotatable bonds is 8. The standard InChI is InChI=1S/C22H19BrFNO5/c1-28-21(26)12-19(14-2-6-16(24)7-3-14)25-22(27)20-11-10-18(30-20)13-29-17-8-4-15(23)5-9-17/h2-11,19H,12-13H2,1H3,(H,25,27). The van der Waals surface area contributed by atoms with Gasteiger partial charge in [-0.25, -0.2) is 4.39 Å². The molecule has 3 rings (SSSR count). The van der Waals surface area contributed by atoms with Gasteiger partial charge in [0.25, 0.3) is 5.91 Å². The molecule has 2 aromatic carbocycles. The molecule has 1 amide bonds. The Morgan fingerprint density at radius 1 is 1.07 bits per heavy atom. The van der Waals surface area contributed by atoms with Crippen molar-refractivity contribution in [3.05, 3.63) is 88.0 Å². The Hall–Kier alpha value is -3.13. The lowest BCUT2D eigenvalue weighted by atomic mass is 10.0. The van der Waals surface area contributed by atoms with Crippen molar-refractivity contribution in [3.8, 4) is 5.75 Å². The van der Waals surface area contributed by atoms with E-state index >= 15 is 0 Å². The molecule has 0 saturated heterocycles. The van der Waals surface area contributed by atoms with Gasteiger partial charge in [-0.1, -0.05) is 28.1 Å². The average Bonchev–Trinajstić information content (AvgIpc) is 3.22. The zero-order valence-corrected chi connectivity index (χ0v) is 17.6. The van der Waals surface area contributed by atoms with Gasteiger partial charge >= 0.3 is 5.97 Å². The van der Waals surface area contributed by atoms with Gasteiger partial charge in [-0.2, -0.15) is 0 Å². The van der Waals surface area contributed by atoms with Crippen LogP contribution in [0.15, 0.2) is 69.6 Å². The molecule has 0 fully saturated rings. The third kappa shape index (κ3) is 5.93. The molecule has 0 radical (unpaired) electrons. The highest BCUT2D eigenvalue weighted by atomic mass is 79.9. The Labute approximate surface area is 181 Å². The van der Waals surface area contributed by atoms with Crippen molar-refractivity contribution in [1.29, 1.82) is 0 Å². The zero-order valence-electron chi connectivity index (χ0n) is 16.1. The number of methoxy groups -OCH3 is 1. The van der Waals surface area contributed by atoms with E-state index in [1.807, 2.05) is 12.1 Å². The first-order chi connectivity index (χ1) is 14.4. The molecule has 1 aromatic heterocycles. The summed E-state index contributed by atoms with van der Waals surface area (Å²) in [4.78, 5) is 24.3. The highest BCUT2D eigenvalue weighted by molar-refractivity contribution is 9.10. The Morgan fingerprint density at radius 3 is 2.43 bits per heavy atom. The zero-order chi connectivity index (χ0) is 21.5. The third-order valence-corrected chi connectivity index (χ3v) is 4.79. The number of carbonyl (C=O) groups excluding carboxylic acids is 2. The molecule has 0 aliphatic heterocycles. The molecular formula is C22H19BrFNO5. The monoisotopic (exact) mass is 475 g/mol. The van der Waals surface area contributed by atoms with Crippen LogP contribution in [0.3, 0.4) is 0 Å². The molecule has 30 heavy (non-hydrogen) atoms. The topological polar surface area (TPSA) is 77.8 Å². The van der Waals surface area contributed by atoms with E-state index in [0.29, 0.717) is 17.1 Å². The normalized spacial score (nSPS) is 11.6. The molecule has 0 spiro atoms. The SMILES string of the molecule is COC(=O)CC(NC(=O)c1ccc(COc2ccc(Br)cc2)o1)c1ccc(F)cc1. The minimum atomic E-state index is -0.696. The van der Waals surface area contributed by atoms with Crippen molar-refractivity contribution in [2.24, 2.45) is 0 Å². The number of hydrogen-bond acceptors (Lipinski definition) is 5. The van der Waals surface area contributed by atoms with E-state index in [-0.39, 0.29) is 18.8 Å². The largest absolute Gasteiger partial charge is 0.486 e. The number of ether oxygens (including phenoxy) is 2. The Balaban J connectivity index is 1.65. The summed E-state index contributed by atoms with van der Waals surface area (Å²) in [5.41, 5.74) is 0.570. The second-order valence-electron chi connectivity index (χ2n) is 6.37. The molecule has 0 saturated carbocycles. The van der Waals surface area contributed by atoms with Gasteiger partial charge in [-0.05, 0) is 54.1 Å². The molecule has 156 valence electrons. The molecule has 0 bridgehead atoms. The summed E-state index contributed by atoms with van der Waals surface area (Å²) in [6.45, 7) is 0.151. The van der Waals surface area contributed by atoms with E-state index in [4.69, 9.17) is 13.9 Å². The van der Waals surface area contributed by atoms with Gasteiger partial charge in [0.15, 0.2) is 5.76 Å². The minimum absolute atomic E-state index is 0.0707. The molecule has 6 nitrogen and oxygen atoms in total. The van der Waals surface area contributed by atoms with Crippen molar-refractivity contribution in [2.75, 3.05) is 7.11 Å². The van der Waals surface area contributed by atoms with Crippen molar-refractivity contribution in [2.45, 2.75) is 19.1 Å². The predicted octanol–water partition coefficient (Wildman–Crippen LogP) is 4.79.